The first-order valence-corrected chi connectivity index (χ1v) is 8.99. The minimum Gasteiger partial charge on any atom is -0.496 e. The summed E-state index contributed by atoms with van der Waals surface area (Å²) >= 11 is 0. The van der Waals surface area contributed by atoms with Crippen LogP contribution in [-0.4, -0.2) is 45.0 Å². The zero-order valence-corrected chi connectivity index (χ0v) is 16.7. The van der Waals surface area contributed by atoms with Gasteiger partial charge < -0.3 is 23.9 Å². The molecule has 1 heterocycles. The van der Waals surface area contributed by atoms with E-state index in [4.69, 9.17) is 18.9 Å². The van der Waals surface area contributed by atoms with Crippen molar-refractivity contribution in [3.05, 3.63) is 47.7 Å². The number of methoxy groups -OCH3 is 3. The smallest absolute Gasteiger partial charge is 0.287 e. The number of nitrogens with zero attached hydrogens (tertiary/aromatic N) is 1. The van der Waals surface area contributed by atoms with Gasteiger partial charge in [-0.1, -0.05) is 0 Å². The Morgan fingerprint density at radius 2 is 1.69 bits per heavy atom. The molecule has 29 heavy (non-hydrogen) atoms. The van der Waals surface area contributed by atoms with Crippen molar-refractivity contribution in [1.82, 2.24) is 10.4 Å². The molecule has 1 aromatic heterocycles. The molecule has 0 aliphatic carbocycles. The Morgan fingerprint density at radius 1 is 1.00 bits per heavy atom. The van der Waals surface area contributed by atoms with Gasteiger partial charge in [0.1, 0.15) is 17.2 Å². The van der Waals surface area contributed by atoms with Crippen LogP contribution in [0.25, 0.3) is 10.9 Å². The van der Waals surface area contributed by atoms with E-state index in [9.17, 15) is 4.79 Å². The van der Waals surface area contributed by atoms with E-state index in [0.717, 1.165) is 10.9 Å². The second-order valence-electron chi connectivity index (χ2n) is 5.98. The van der Waals surface area contributed by atoms with Crippen LogP contribution in [0.4, 0.5) is 0 Å². The van der Waals surface area contributed by atoms with Gasteiger partial charge in [0.15, 0.2) is 11.5 Å². The van der Waals surface area contributed by atoms with Crippen molar-refractivity contribution >= 4 is 23.0 Å². The largest absolute Gasteiger partial charge is 0.496 e. The Bertz CT molecular complexity index is 1000. The molecule has 0 saturated carbocycles. The lowest BCUT2D eigenvalue weighted by atomic mass is 10.2. The van der Waals surface area contributed by atoms with Crippen LogP contribution in [0.5, 0.6) is 23.0 Å². The van der Waals surface area contributed by atoms with E-state index in [0.29, 0.717) is 40.8 Å². The molecule has 152 valence electrons. The minimum atomic E-state index is -0.389. The number of carbonyl (C=O) groups is 1. The standard InChI is InChI=1S/C21H23N3O5/c1-5-29-17-7-6-13(10-19(17)28-4)12-22-24-21(25)15-11-14-16(26-2)8-9-18(27-3)20(14)23-15/h6-12,23H,5H2,1-4H3,(H,24,25)/b22-12-. The fourth-order valence-electron chi connectivity index (χ4n) is 2.90. The summed E-state index contributed by atoms with van der Waals surface area (Å²) < 4.78 is 21.5. The van der Waals surface area contributed by atoms with Gasteiger partial charge in [-0.3, -0.25) is 4.79 Å². The normalized spacial score (nSPS) is 10.9. The van der Waals surface area contributed by atoms with Gasteiger partial charge in [-0.05, 0) is 48.9 Å². The lowest BCUT2D eigenvalue weighted by Gasteiger charge is -2.09. The highest BCUT2D eigenvalue weighted by Gasteiger charge is 2.15. The van der Waals surface area contributed by atoms with Crippen molar-refractivity contribution in [2.24, 2.45) is 5.10 Å². The number of carbonyl (C=O) groups excluding carboxylic acids is 1. The van der Waals surface area contributed by atoms with Gasteiger partial charge >= 0.3 is 0 Å². The number of ether oxygens (including phenoxy) is 4. The maximum Gasteiger partial charge on any atom is 0.287 e. The average molecular weight is 397 g/mol. The summed E-state index contributed by atoms with van der Waals surface area (Å²) in [5.41, 5.74) is 4.28. The zero-order chi connectivity index (χ0) is 20.8. The quantitative estimate of drug-likeness (QED) is 0.449. The number of H-pyrrole nitrogens is 1. The first-order chi connectivity index (χ1) is 14.1. The van der Waals surface area contributed by atoms with E-state index < -0.39 is 0 Å². The lowest BCUT2D eigenvalue weighted by molar-refractivity contribution is 0.0951. The van der Waals surface area contributed by atoms with E-state index in [-0.39, 0.29) is 5.91 Å². The monoisotopic (exact) mass is 397 g/mol. The number of hydrogen-bond acceptors (Lipinski definition) is 6. The third-order valence-electron chi connectivity index (χ3n) is 4.27. The molecule has 0 radical (unpaired) electrons. The Hall–Kier alpha value is -3.68. The van der Waals surface area contributed by atoms with E-state index in [2.05, 4.69) is 15.5 Å². The first-order valence-electron chi connectivity index (χ1n) is 8.99. The molecular formula is C21H23N3O5. The molecule has 2 N–H and O–H groups in total. The van der Waals surface area contributed by atoms with Gasteiger partial charge in [-0.2, -0.15) is 5.10 Å². The molecule has 0 unspecified atom stereocenters. The van der Waals surface area contributed by atoms with Gasteiger partial charge in [0.25, 0.3) is 5.91 Å². The third kappa shape index (κ3) is 4.26. The summed E-state index contributed by atoms with van der Waals surface area (Å²) in [6, 6.07) is 10.6. The maximum atomic E-state index is 12.5. The van der Waals surface area contributed by atoms with Gasteiger partial charge in [-0.15, -0.1) is 0 Å². The van der Waals surface area contributed by atoms with Gasteiger partial charge in [-0.25, -0.2) is 5.43 Å². The highest BCUT2D eigenvalue weighted by Crippen LogP contribution is 2.33. The van der Waals surface area contributed by atoms with Gasteiger partial charge in [0, 0.05) is 5.39 Å². The number of fused-ring (bicyclic) bond motifs is 1. The first kappa shape index (κ1) is 20.1. The zero-order valence-electron chi connectivity index (χ0n) is 16.7. The van der Waals surface area contributed by atoms with Crippen LogP contribution in [0, 0.1) is 0 Å². The molecule has 0 aliphatic heterocycles. The van der Waals surface area contributed by atoms with Crippen LogP contribution >= 0.6 is 0 Å². The van der Waals surface area contributed by atoms with Crippen LogP contribution in [0.1, 0.15) is 23.0 Å². The second-order valence-corrected chi connectivity index (χ2v) is 5.98. The number of nitrogens with one attached hydrogen (secondary N) is 2. The number of hydrogen-bond donors (Lipinski definition) is 2. The summed E-state index contributed by atoms with van der Waals surface area (Å²) in [4.78, 5) is 15.5. The molecule has 0 atom stereocenters. The second kappa shape index (κ2) is 9.01. The molecule has 3 aromatic rings. The van der Waals surface area contributed by atoms with E-state index >= 15 is 0 Å². The fourth-order valence-corrected chi connectivity index (χ4v) is 2.90. The predicted molar refractivity (Wildman–Crippen MR) is 111 cm³/mol. The highest BCUT2D eigenvalue weighted by molar-refractivity contribution is 6.01. The summed E-state index contributed by atoms with van der Waals surface area (Å²) in [5, 5.41) is 4.77. The Balaban J connectivity index is 1.77. The molecule has 0 spiro atoms. The number of hydrazone groups is 1. The molecule has 0 aliphatic rings. The number of benzene rings is 2. The van der Waals surface area contributed by atoms with Crippen LogP contribution in [0.3, 0.4) is 0 Å². The van der Waals surface area contributed by atoms with E-state index in [1.807, 2.05) is 13.0 Å². The molecule has 1 amide bonds. The molecule has 0 bridgehead atoms. The van der Waals surface area contributed by atoms with E-state index in [1.54, 1.807) is 51.7 Å². The molecule has 8 nitrogen and oxygen atoms in total. The van der Waals surface area contributed by atoms with Crippen LogP contribution in [-0.2, 0) is 0 Å². The lowest BCUT2D eigenvalue weighted by Crippen LogP contribution is -2.17. The van der Waals surface area contributed by atoms with Crippen LogP contribution in [0.15, 0.2) is 41.5 Å². The highest BCUT2D eigenvalue weighted by atomic mass is 16.5. The van der Waals surface area contributed by atoms with E-state index in [1.165, 1.54) is 6.21 Å². The van der Waals surface area contributed by atoms with Gasteiger partial charge in [0.05, 0.1) is 39.7 Å². The van der Waals surface area contributed by atoms with Crippen molar-refractivity contribution in [2.75, 3.05) is 27.9 Å². The molecule has 0 saturated heterocycles. The summed E-state index contributed by atoms with van der Waals surface area (Å²) in [6.07, 6.45) is 1.53. The Kier molecular flexibility index (Phi) is 6.23. The fraction of sp³-hybridized carbons (Fsp3) is 0.238. The maximum absolute atomic E-state index is 12.5. The molecule has 2 aromatic carbocycles. The predicted octanol–water partition coefficient (Wildman–Crippen LogP) is 3.36. The number of aromatic amines is 1. The minimum absolute atomic E-state index is 0.337. The van der Waals surface area contributed by atoms with Crippen molar-refractivity contribution in [3.8, 4) is 23.0 Å². The number of rotatable bonds is 8. The number of amides is 1. The van der Waals surface area contributed by atoms with Crippen molar-refractivity contribution in [1.29, 1.82) is 0 Å². The topological polar surface area (TPSA) is 94.2 Å². The van der Waals surface area contributed by atoms with Crippen molar-refractivity contribution in [3.63, 3.8) is 0 Å². The van der Waals surface area contributed by atoms with Crippen molar-refractivity contribution < 1.29 is 23.7 Å². The summed E-state index contributed by atoms with van der Waals surface area (Å²) in [7, 11) is 4.71. The summed E-state index contributed by atoms with van der Waals surface area (Å²) in [6.45, 7) is 2.44. The SMILES string of the molecule is CCOc1ccc(/C=N\NC(=O)c2cc3c(OC)ccc(OC)c3[nH]2)cc1OC. The molecule has 3 rings (SSSR count). The molecule has 0 fully saturated rings. The average Bonchev–Trinajstić information content (AvgIpc) is 3.19. The summed E-state index contributed by atoms with van der Waals surface area (Å²) in [5.74, 6) is 2.11. The third-order valence-corrected chi connectivity index (χ3v) is 4.27. The Labute approximate surface area is 168 Å². The molecular weight excluding hydrogens is 374 g/mol. The van der Waals surface area contributed by atoms with Crippen LogP contribution in [0.2, 0.25) is 0 Å². The van der Waals surface area contributed by atoms with Crippen LogP contribution < -0.4 is 24.4 Å². The van der Waals surface area contributed by atoms with Gasteiger partial charge in [0.2, 0.25) is 0 Å². The Morgan fingerprint density at radius 3 is 2.38 bits per heavy atom. The van der Waals surface area contributed by atoms with Crippen molar-refractivity contribution in [2.45, 2.75) is 6.92 Å². The molecule has 8 heteroatoms. The number of aromatic nitrogens is 1.